The van der Waals surface area contributed by atoms with Gasteiger partial charge in [0.1, 0.15) is 0 Å². The summed E-state index contributed by atoms with van der Waals surface area (Å²) in [5.74, 6) is -0.134. The molecule has 1 aliphatic heterocycles. The monoisotopic (exact) mass is 380 g/mol. The largest absolute Gasteiger partial charge is 0.450 e. The highest BCUT2D eigenvalue weighted by Gasteiger charge is 2.27. The molecule has 7 heteroatoms. The van der Waals surface area contributed by atoms with Crippen LogP contribution < -0.4 is 5.32 Å². The molecule has 1 saturated heterocycles. The molecule has 146 valence electrons. The van der Waals surface area contributed by atoms with E-state index in [4.69, 9.17) is 4.74 Å². The van der Waals surface area contributed by atoms with Gasteiger partial charge in [-0.15, -0.1) is 0 Å². The van der Waals surface area contributed by atoms with Crippen LogP contribution in [0.15, 0.2) is 64.8 Å². The average molecular weight is 380 g/mol. The normalized spacial score (nSPS) is 14.8. The van der Waals surface area contributed by atoms with E-state index < -0.39 is 0 Å². The summed E-state index contributed by atoms with van der Waals surface area (Å²) in [4.78, 5) is 25.9. The maximum Gasteiger partial charge on any atom is 0.409 e. The molecular weight excluding hydrogens is 356 g/mol. The fourth-order valence-electron chi connectivity index (χ4n) is 3.00. The van der Waals surface area contributed by atoms with Crippen molar-refractivity contribution < 1.29 is 14.3 Å². The highest BCUT2D eigenvalue weighted by molar-refractivity contribution is 5.92. The van der Waals surface area contributed by atoms with Crippen LogP contribution in [0, 0.1) is 5.92 Å². The molecule has 2 aromatic carbocycles. The first kappa shape index (κ1) is 19.5. The lowest BCUT2D eigenvalue weighted by atomic mass is 9.96. The van der Waals surface area contributed by atoms with E-state index >= 15 is 0 Å². The van der Waals surface area contributed by atoms with Crippen molar-refractivity contribution in [3.05, 3.63) is 54.6 Å². The van der Waals surface area contributed by atoms with Crippen LogP contribution in [0.1, 0.15) is 19.8 Å². The number of anilines is 1. The zero-order valence-corrected chi connectivity index (χ0v) is 15.9. The number of likely N-dealkylation sites (tertiary alicyclic amines) is 1. The first-order valence-electron chi connectivity index (χ1n) is 9.45. The summed E-state index contributed by atoms with van der Waals surface area (Å²) in [6.45, 7) is 3.22. The summed E-state index contributed by atoms with van der Waals surface area (Å²) in [6, 6.07) is 16.7. The third-order valence-electron chi connectivity index (χ3n) is 4.56. The van der Waals surface area contributed by atoms with Crippen molar-refractivity contribution in [2.24, 2.45) is 16.1 Å². The van der Waals surface area contributed by atoms with Gasteiger partial charge >= 0.3 is 6.09 Å². The Labute approximate surface area is 164 Å². The Kier molecular flexibility index (Phi) is 6.73. The fourth-order valence-corrected chi connectivity index (χ4v) is 3.00. The van der Waals surface area contributed by atoms with Crippen LogP contribution in [0.5, 0.6) is 0 Å². The fraction of sp³-hybridized carbons (Fsp3) is 0.333. The quantitative estimate of drug-likeness (QED) is 0.748. The van der Waals surface area contributed by atoms with Gasteiger partial charge in [0.15, 0.2) is 0 Å². The molecule has 1 aliphatic rings. The van der Waals surface area contributed by atoms with E-state index in [1.165, 1.54) is 0 Å². The Balaban J connectivity index is 1.50. The van der Waals surface area contributed by atoms with Gasteiger partial charge in [-0.2, -0.15) is 10.2 Å². The van der Waals surface area contributed by atoms with Crippen molar-refractivity contribution in [3.63, 3.8) is 0 Å². The first-order chi connectivity index (χ1) is 13.7. The summed E-state index contributed by atoms with van der Waals surface area (Å²) in [7, 11) is 0. The number of amides is 2. The Morgan fingerprint density at radius 2 is 1.61 bits per heavy atom. The molecule has 0 unspecified atom stereocenters. The van der Waals surface area contributed by atoms with E-state index in [0.29, 0.717) is 38.2 Å². The molecule has 0 radical (unpaired) electrons. The van der Waals surface area contributed by atoms with Crippen molar-refractivity contribution >= 4 is 29.1 Å². The number of ether oxygens (including phenoxy) is 1. The van der Waals surface area contributed by atoms with E-state index in [-0.39, 0.29) is 17.9 Å². The molecule has 28 heavy (non-hydrogen) atoms. The highest BCUT2D eigenvalue weighted by Crippen LogP contribution is 2.23. The molecule has 0 aliphatic carbocycles. The third kappa shape index (κ3) is 5.39. The zero-order chi connectivity index (χ0) is 19.8. The number of carbonyl (C=O) groups is 2. The van der Waals surface area contributed by atoms with Gasteiger partial charge in [0.2, 0.25) is 5.91 Å². The Hall–Kier alpha value is -3.22. The van der Waals surface area contributed by atoms with Gasteiger partial charge in [0.05, 0.1) is 18.0 Å². The number of benzene rings is 2. The summed E-state index contributed by atoms with van der Waals surface area (Å²) in [5.41, 5.74) is 2.22. The minimum Gasteiger partial charge on any atom is -0.450 e. The van der Waals surface area contributed by atoms with Crippen molar-refractivity contribution in [1.82, 2.24) is 4.90 Å². The Morgan fingerprint density at radius 1 is 1.00 bits per heavy atom. The van der Waals surface area contributed by atoms with Crippen LogP contribution >= 0.6 is 0 Å². The number of carbonyl (C=O) groups excluding carboxylic acids is 2. The second kappa shape index (κ2) is 9.64. The molecule has 1 fully saturated rings. The van der Waals surface area contributed by atoms with E-state index in [0.717, 1.165) is 11.4 Å². The second-order valence-electron chi connectivity index (χ2n) is 6.53. The van der Waals surface area contributed by atoms with Gasteiger partial charge in [-0.25, -0.2) is 4.79 Å². The van der Waals surface area contributed by atoms with Crippen LogP contribution in [0.4, 0.5) is 21.9 Å². The van der Waals surface area contributed by atoms with Gasteiger partial charge < -0.3 is 15.0 Å². The van der Waals surface area contributed by atoms with Crippen molar-refractivity contribution in [3.8, 4) is 0 Å². The minimum absolute atomic E-state index is 0.0258. The molecule has 1 heterocycles. The third-order valence-corrected chi connectivity index (χ3v) is 4.56. The lowest BCUT2D eigenvalue weighted by Gasteiger charge is -2.30. The van der Waals surface area contributed by atoms with Crippen LogP contribution in [0.25, 0.3) is 0 Å². The van der Waals surface area contributed by atoms with E-state index in [1.807, 2.05) is 54.6 Å². The summed E-state index contributed by atoms with van der Waals surface area (Å²) in [6.07, 6.45) is 0.962. The van der Waals surface area contributed by atoms with Crippen LogP contribution in [0.3, 0.4) is 0 Å². The molecule has 2 aromatic rings. The Morgan fingerprint density at radius 3 is 2.21 bits per heavy atom. The number of azo groups is 1. The lowest BCUT2D eigenvalue weighted by molar-refractivity contribution is -0.121. The molecule has 1 N–H and O–H groups in total. The number of rotatable bonds is 5. The van der Waals surface area contributed by atoms with Gasteiger partial charge in [-0.1, -0.05) is 18.2 Å². The Bertz CT molecular complexity index is 813. The number of nitrogens with one attached hydrogen (secondary N) is 1. The lowest BCUT2D eigenvalue weighted by Crippen LogP contribution is -2.41. The van der Waals surface area contributed by atoms with E-state index in [9.17, 15) is 9.59 Å². The van der Waals surface area contributed by atoms with Crippen LogP contribution in [0.2, 0.25) is 0 Å². The molecule has 0 spiro atoms. The van der Waals surface area contributed by atoms with Crippen LogP contribution in [-0.4, -0.2) is 36.6 Å². The second-order valence-corrected chi connectivity index (χ2v) is 6.53. The molecule has 0 aromatic heterocycles. The standard InChI is InChI=1S/C21H24N4O3/c1-2-28-21(27)25-14-12-16(13-15-25)20(26)22-17-8-10-19(11-9-17)24-23-18-6-4-3-5-7-18/h3-11,16H,2,12-15H2,1H3,(H,22,26). The smallest absolute Gasteiger partial charge is 0.409 e. The molecule has 0 atom stereocenters. The predicted molar refractivity (Wildman–Crippen MR) is 107 cm³/mol. The minimum atomic E-state index is -0.304. The number of hydrogen-bond acceptors (Lipinski definition) is 5. The molecule has 7 nitrogen and oxygen atoms in total. The zero-order valence-electron chi connectivity index (χ0n) is 15.9. The predicted octanol–water partition coefficient (Wildman–Crippen LogP) is 4.91. The van der Waals surface area contributed by atoms with Crippen molar-refractivity contribution in [1.29, 1.82) is 0 Å². The summed E-state index contributed by atoms with van der Waals surface area (Å²) in [5, 5.41) is 11.3. The van der Waals surface area contributed by atoms with Gasteiger partial charge in [-0.3, -0.25) is 4.79 Å². The maximum atomic E-state index is 12.5. The molecule has 2 amide bonds. The number of piperidine rings is 1. The van der Waals surface area contributed by atoms with Crippen molar-refractivity contribution in [2.75, 3.05) is 25.0 Å². The first-order valence-corrected chi connectivity index (χ1v) is 9.45. The molecule has 0 saturated carbocycles. The van der Waals surface area contributed by atoms with E-state index in [2.05, 4.69) is 15.5 Å². The van der Waals surface area contributed by atoms with Gasteiger partial charge in [-0.05, 0) is 56.2 Å². The van der Waals surface area contributed by atoms with Gasteiger partial charge in [0, 0.05) is 24.7 Å². The van der Waals surface area contributed by atoms with Crippen LogP contribution in [-0.2, 0) is 9.53 Å². The average Bonchev–Trinajstić information content (AvgIpc) is 2.74. The molecule has 3 rings (SSSR count). The van der Waals surface area contributed by atoms with E-state index in [1.54, 1.807) is 11.8 Å². The number of nitrogens with zero attached hydrogens (tertiary/aromatic N) is 3. The van der Waals surface area contributed by atoms with Crippen molar-refractivity contribution in [2.45, 2.75) is 19.8 Å². The highest BCUT2D eigenvalue weighted by atomic mass is 16.6. The molecular formula is C21H24N4O3. The van der Waals surface area contributed by atoms with Gasteiger partial charge in [0.25, 0.3) is 0 Å². The maximum absolute atomic E-state index is 12.5. The molecule has 0 bridgehead atoms. The topological polar surface area (TPSA) is 83.4 Å². The number of hydrogen-bond donors (Lipinski definition) is 1. The summed E-state index contributed by atoms with van der Waals surface area (Å²) < 4.78 is 5.00. The SMILES string of the molecule is CCOC(=O)N1CCC(C(=O)Nc2ccc(N=Nc3ccccc3)cc2)CC1. The summed E-state index contributed by atoms with van der Waals surface area (Å²) >= 11 is 0.